The molecule has 0 saturated carbocycles. The highest BCUT2D eigenvalue weighted by Gasteiger charge is 2.45. The second-order valence-corrected chi connectivity index (χ2v) is 13.4. The van der Waals surface area contributed by atoms with Gasteiger partial charge in [0.2, 0.25) is 18.2 Å². The van der Waals surface area contributed by atoms with Crippen molar-refractivity contribution in [3.63, 3.8) is 0 Å². The van der Waals surface area contributed by atoms with Crippen molar-refractivity contribution in [3.05, 3.63) is 57.6 Å². The monoisotopic (exact) mass is 486 g/mol. The minimum absolute atomic E-state index is 0.00508. The Bertz CT molecular complexity index is 1090. The summed E-state index contributed by atoms with van der Waals surface area (Å²) in [5.74, 6) is 0.415. The minimum Gasteiger partial charge on any atom is -0.496 e. The Morgan fingerprint density at radius 2 is 1.24 bits per heavy atom. The van der Waals surface area contributed by atoms with E-state index in [9.17, 15) is 14.2 Å². The van der Waals surface area contributed by atoms with Crippen LogP contribution in [0.5, 0.6) is 11.5 Å². The van der Waals surface area contributed by atoms with Crippen LogP contribution < -0.4 is 9.47 Å². The zero-order chi connectivity index (χ0) is 26.0. The maximum atomic E-state index is 14.7. The molecule has 0 bridgehead atoms. The molecule has 2 aromatic carbocycles. The van der Waals surface area contributed by atoms with Crippen LogP contribution in [-0.4, -0.2) is 31.4 Å². The van der Waals surface area contributed by atoms with Gasteiger partial charge >= 0.3 is 0 Å². The molecule has 0 radical (unpaired) electrons. The second kappa shape index (κ2) is 10.5. The third-order valence-electron chi connectivity index (χ3n) is 5.94. The number of rotatable bonds is 9. The van der Waals surface area contributed by atoms with Gasteiger partial charge in [0.1, 0.15) is 17.1 Å². The summed E-state index contributed by atoms with van der Waals surface area (Å²) in [4.78, 5) is 28.1. The third-order valence-corrected chi connectivity index (χ3v) is 8.84. The number of hydrogen-bond acceptors (Lipinski definition) is 5. The summed E-state index contributed by atoms with van der Waals surface area (Å²) in [7, 11) is -1.18. The van der Waals surface area contributed by atoms with Crippen molar-refractivity contribution in [1.82, 2.24) is 0 Å². The van der Waals surface area contributed by atoms with Crippen LogP contribution in [0, 0.1) is 39.0 Å². The highest BCUT2D eigenvalue weighted by atomic mass is 31.2. The van der Waals surface area contributed by atoms with E-state index in [4.69, 9.17) is 9.47 Å². The van der Waals surface area contributed by atoms with Gasteiger partial charge in [-0.25, -0.2) is 0 Å². The molecule has 0 saturated heterocycles. The van der Waals surface area contributed by atoms with Gasteiger partial charge in [0.15, 0.2) is 0 Å². The number of aryl methyl sites for hydroxylation is 4. The normalized spacial score (nSPS) is 14.3. The van der Waals surface area contributed by atoms with E-state index in [1.807, 2.05) is 46.8 Å². The van der Waals surface area contributed by atoms with Crippen LogP contribution in [0.3, 0.4) is 0 Å². The average Bonchev–Trinajstić information content (AvgIpc) is 2.69. The van der Waals surface area contributed by atoms with Gasteiger partial charge in [0.05, 0.1) is 14.2 Å². The van der Waals surface area contributed by atoms with Crippen LogP contribution in [0.1, 0.15) is 77.1 Å². The van der Waals surface area contributed by atoms with Crippen molar-refractivity contribution in [2.75, 3.05) is 20.4 Å². The van der Waals surface area contributed by atoms with Crippen LogP contribution in [0.4, 0.5) is 0 Å². The molecule has 2 atom stereocenters. The van der Waals surface area contributed by atoms with Crippen molar-refractivity contribution < 1.29 is 23.6 Å². The van der Waals surface area contributed by atoms with Gasteiger partial charge in [-0.3, -0.25) is 9.59 Å². The lowest BCUT2D eigenvalue weighted by Crippen LogP contribution is -2.22. The number of carbonyl (C=O) groups is 2. The lowest BCUT2D eigenvalue weighted by atomic mass is 9.86. The molecule has 0 fully saturated rings. The van der Waals surface area contributed by atoms with Crippen LogP contribution >= 0.6 is 7.14 Å². The lowest BCUT2D eigenvalue weighted by Gasteiger charge is -2.27. The lowest BCUT2D eigenvalue weighted by molar-refractivity contribution is 0.103. The summed E-state index contributed by atoms with van der Waals surface area (Å²) >= 11 is 0. The molecule has 34 heavy (non-hydrogen) atoms. The first-order valence-electron chi connectivity index (χ1n) is 11.6. The molecule has 2 aromatic rings. The fourth-order valence-corrected chi connectivity index (χ4v) is 7.76. The van der Waals surface area contributed by atoms with E-state index in [-0.39, 0.29) is 34.6 Å². The minimum atomic E-state index is -4.09. The number of benzene rings is 2. The van der Waals surface area contributed by atoms with Gasteiger partial charge in [-0.1, -0.05) is 45.4 Å². The van der Waals surface area contributed by atoms with Crippen molar-refractivity contribution in [3.8, 4) is 11.5 Å². The summed E-state index contributed by atoms with van der Waals surface area (Å²) < 4.78 is 25.7. The van der Waals surface area contributed by atoms with E-state index in [2.05, 4.69) is 20.8 Å². The number of hydrogen-bond donors (Lipinski definition) is 0. The number of carbonyl (C=O) groups excluding carboxylic acids is 2. The van der Waals surface area contributed by atoms with Crippen molar-refractivity contribution >= 4 is 18.2 Å². The summed E-state index contributed by atoms with van der Waals surface area (Å²) in [6.07, 6.45) is 0.723. The first-order chi connectivity index (χ1) is 15.6. The SMILES string of the molecule is COc1cc(C)cc(OC)c1C(=O)P(=O)(CC(C)CC(C)(C)C)C(=O)c1c(C)cc(C)cc1C. The van der Waals surface area contributed by atoms with E-state index in [0.29, 0.717) is 5.56 Å². The average molecular weight is 487 g/mol. The molecule has 5 nitrogen and oxygen atoms in total. The van der Waals surface area contributed by atoms with Gasteiger partial charge in [-0.05, 0) is 74.3 Å². The number of methoxy groups -OCH3 is 2. The Morgan fingerprint density at radius 3 is 1.65 bits per heavy atom. The predicted molar refractivity (Wildman–Crippen MR) is 139 cm³/mol. The summed E-state index contributed by atoms with van der Waals surface area (Å²) in [6.45, 7) is 15.7. The summed E-state index contributed by atoms with van der Waals surface area (Å²) in [5.41, 5.74) is 2.40. The van der Waals surface area contributed by atoms with Crippen LogP contribution in [0.2, 0.25) is 0 Å². The van der Waals surface area contributed by atoms with Gasteiger partial charge in [-0.15, -0.1) is 0 Å². The van der Waals surface area contributed by atoms with Crippen LogP contribution in [-0.2, 0) is 4.57 Å². The highest BCUT2D eigenvalue weighted by Crippen LogP contribution is 2.57. The summed E-state index contributed by atoms with van der Waals surface area (Å²) in [6, 6.07) is 7.18. The molecule has 2 unspecified atom stereocenters. The van der Waals surface area contributed by atoms with E-state index in [1.165, 1.54) is 14.2 Å². The molecule has 2 rings (SSSR count). The van der Waals surface area contributed by atoms with E-state index in [1.54, 1.807) is 12.1 Å². The second-order valence-electron chi connectivity index (χ2n) is 10.7. The first kappa shape index (κ1) is 27.9. The van der Waals surface area contributed by atoms with Gasteiger partial charge in [0.25, 0.3) is 0 Å². The van der Waals surface area contributed by atoms with E-state index < -0.39 is 18.2 Å². The fraction of sp³-hybridized carbons (Fsp3) is 0.500. The molecule has 0 N–H and O–H groups in total. The number of ether oxygens (including phenoxy) is 2. The predicted octanol–water partition coefficient (Wildman–Crippen LogP) is 7.35. The molecule has 0 heterocycles. The highest BCUT2D eigenvalue weighted by molar-refractivity contribution is 7.95. The summed E-state index contributed by atoms with van der Waals surface area (Å²) in [5, 5.41) is 0. The van der Waals surface area contributed by atoms with Crippen molar-refractivity contribution in [2.24, 2.45) is 11.3 Å². The quantitative estimate of drug-likeness (QED) is 0.347. The maximum absolute atomic E-state index is 14.7. The largest absolute Gasteiger partial charge is 0.496 e. The van der Waals surface area contributed by atoms with Gasteiger partial charge < -0.3 is 14.0 Å². The Labute approximate surface area is 204 Å². The molecule has 0 aliphatic heterocycles. The van der Waals surface area contributed by atoms with Crippen molar-refractivity contribution in [2.45, 2.75) is 61.8 Å². The fourth-order valence-electron chi connectivity index (χ4n) is 4.94. The Kier molecular flexibility index (Phi) is 8.58. The van der Waals surface area contributed by atoms with E-state index >= 15 is 0 Å². The van der Waals surface area contributed by atoms with Gasteiger partial charge in [-0.2, -0.15) is 0 Å². The zero-order valence-electron chi connectivity index (χ0n) is 22.3. The molecule has 0 aromatic heterocycles. The maximum Gasteiger partial charge on any atom is 0.236 e. The van der Waals surface area contributed by atoms with Crippen molar-refractivity contribution in [1.29, 1.82) is 0 Å². The smallest absolute Gasteiger partial charge is 0.236 e. The Balaban J connectivity index is 2.76. The third kappa shape index (κ3) is 5.99. The first-order valence-corrected chi connectivity index (χ1v) is 13.5. The molecular weight excluding hydrogens is 447 g/mol. The molecule has 6 heteroatoms. The van der Waals surface area contributed by atoms with Crippen LogP contribution in [0.25, 0.3) is 0 Å². The molecular formula is C28H39O5P. The van der Waals surface area contributed by atoms with E-state index in [0.717, 1.165) is 28.7 Å². The van der Waals surface area contributed by atoms with Gasteiger partial charge in [0, 0.05) is 11.7 Å². The molecule has 0 aliphatic rings. The Morgan fingerprint density at radius 1 is 0.824 bits per heavy atom. The van der Waals surface area contributed by atoms with Crippen LogP contribution in [0.15, 0.2) is 24.3 Å². The topological polar surface area (TPSA) is 69.7 Å². The molecule has 186 valence electrons. The Hall–Kier alpha value is -2.39. The molecule has 0 spiro atoms. The standard InChI is InChI=1S/C28H39O5P/c1-17-11-20(4)24(21(5)12-17)26(29)34(31,16-19(3)15-28(6,7)8)27(30)25-22(32-9)13-18(2)14-23(25)33-10/h11-14,19H,15-16H2,1-10H3. The molecule has 0 aliphatic carbocycles. The zero-order valence-corrected chi connectivity index (χ0v) is 23.2. The molecule has 0 amide bonds.